The highest BCUT2D eigenvalue weighted by atomic mass is 19.1. The zero-order valence-electron chi connectivity index (χ0n) is 11.5. The third kappa shape index (κ3) is 4.59. The molecule has 0 aliphatic heterocycles. The van der Waals surface area contributed by atoms with Gasteiger partial charge in [-0.05, 0) is 44.0 Å². The van der Waals surface area contributed by atoms with E-state index in [2.05, 4.69) is 5.32 Å². The zero-order chi connectivity index (χ0) is 15.4. The average Bonchev–Trinajstić information content (AvgIpc) is 3.22. The second kappa shape index (κ2) is 6.39. The lowest BCUT2D eigenvalue weighted by molar-refractivity contribution is -0.131. The highest BCUT2D eigenvalue weighted by Crippen LogP contribution is 2.23. The van der Waals surface area contributed by atoms with Crippen molar-refractivity contribution >= 4 is 18.0 Å². The lowest BCUT2D eigenvalue weighted by Gasteiger charge is -2.16. The third-order valence-electron chi connectivity index (χ3n) is 2.97. The van der Waals surface area contributed by atoms with Gasteiger partial charge < -0.3 is 15.2 Å². The Balaban J connectivity index is 2.10. The summed E-state index contributed by atoms with van der Waals surface area (Å²) in [6.45, 7) is 1.59. The van der Waals surface area contributed by atoms with E-state index < -0.39 is 17.9 Å². The van der Waals surface area contributed by atoms with Gasteiger partial charge in [-0.3, -0.25) is 4.79 Å². The minimum absolute atomic E-state index is 0.225. The van der Waals surface area contributed by atoms with Crippen molar-refractivity contribution in [2.75, 3.05) is 0 Å². The number of halogens is 1. The van der Waals surface area contributed by atoms with E-state index in [9.17, 15) is 14.0 Å². The van der Waals surface area contributed by atoms with Gasteiger partial charge in [-0.25, -0.2) is 9.18 Å². The first kappa shape index (κ1) is 15.0. The number of carboxylic acid groups (broad SMARTS) is 1. The van der Waals surface area contributed by atoms with Crippen LogP contribution < -0.4 is 10.1 Å². The van der Waals surface area contributed by atoms with Crippen molar-refractivity contribution in [1.82, 2.24) is 5.32 Å². The van der Waals surface area contributed by atoms with Crippen molar-refractivity contribution in [2.24, 2.45) is 0 Å². The van der Waals surface area contributed by atoms with Crippen molar-refractivity contribution in [3.8, 4) is 5.75 Å². The SMILES string of the molecule is CC(Oc1ccc(F)cc1/C=C/C(=O)O)C(=O)NC1CC1. The summed E-state index contributed by atoms with van der Waals surface area (Å²) in [5.74, 6) is -1.64. The number of aliphatic carboxylic acids is 1. The summed E-state index contributed by atoms with van der Waals surface area (Å²) < 4.78 is 18.7. The Morgan fingerprint density at radius 2 is 2.19 bits per heavy atom. The predicted molar refractivity (Wildman–Crippen MR) is 74.3 cm³/mol. The maximum Gasteiger partial charge on any atom is 0.328 e. The first-order valence-corrected chi connectivity index (χ1v) is 6.63. The lowest BCUT2D eigenvalue weighted by Crippen LogP contribution is -2.37. The summed E-state index contributed by atoms with van der Waals surface area (Å²) in [5.41, 5.74) is 0.267. The van der Waals surface area contributed by atoms with Gasteiger partial charge in [0.2, 0.25) is 0 Å². The molecule has 0 heterocycles. The largest absolute Gasteiger partial charge is 0.480 e. The Kier molecular flexibility index (Phi) is 4.57. The maximum absolute atomic E-state index is 13.2. The quantitative estimate of drug-likeness (QED) is 0.786. The van der Waals surface area contributed by atoms with E-state index in [-0.39, 0.29) is 23.3 Å². The Bertz CT molecular complexity index is 581. The van der Waals surface area contributed by atoms with Crippen molar-refractivity contribution in [1.29, 1.82) is 0 Å². The highest BCUT2D eigenvalue weighted by molar-refractivity contribution is 5.86. The summed E-state index contributed by atoms with van der Waals surface area (Å²) in [6.07, 6.45) is 3.32. The van der Waals surface area contributed by atoms with Crippen LogP contribution in [0.2, 0.25) is 0 Å². The van der Waals surface area contributed by atoms with Crippen molar-refractivity contribution < 1.29 is 23.8 Å². The Morgan fingerprint density at radius 3 is 2.81 bits per heavy atom. The number of ether oxygens (including phenoxy) is 1. The number of hydrogen-bond donors (Lipinski definition) is 2. The summed E-state index contributed by atoms with van der Waals surface area (Å²) in [4.78, 5) is 22.4. The van der Waals surface area contributed by atoms with Crippen molar-refractivity contribution in [3.05, 3.63) is 35.7 Å². The smallest absolute Gasteiger partial charge is 0.328 e. The molecular formula is C15H16FNO4. The average molecular weight is 293 g/mol. The van der Waals surface area contributed by atoms with Crippen molar-refractivity contribution in [3.63, 3.8) is 0 Å². The number of benzene rings is 1. The molecule has 1 aliphatic carbocycles. The van der Waals surface area contributed by atoms with Gasteiger partial charge in [0.25, 0.3) is 5.91 Å². The van der Waals surface area contributed by atoms with Crippen LogP contribution in [0.15, 0.2) is 24.3 Å². The van der Waals surface area contributed by atoms with Crippen LogP contribution in [0.25, 0.3) is 6.08 Å². The number of nitrogens with one attached hydrogen (secondary N) is 1. The monoisotopic (exact) mass is 293 g/mol. The van der Waals surface area contributed by atoms with E-state index in [1.165, 1.54) is 18.2 Å². The van der Waals surface area contributed by atoms with Gasteiger partial charge in [-0.15, -0.1) is 0 Å². The molecule has 21 heavy (non-hydrogen) atoms. The van der Waals surface area contributed by atoms with Crippen molar-refractivity contribution in [2.45, 2.75) is 31.9 Å². The fraction of sp³-hybridized carbons (Fsp3) is 0.333. The zero-order valence-corrected chi connectivity index (χ0v) is 11.5. The second-order valence-electron chi connectivity index (χ2n) is 4.90. The number of amides is 1. The third-order valence-corrected chi connectivity index (χ3v) is 2.97. The molecule has 1 atom stereocenters. The molecule has 1 fully saturated rings. The second-order valence-corrected chi connectivity index (χ2v) is 4.90. The summed E-state index contributed by atoms with van der Waals surface area (Å²) in [5, 5.41) is 11.4. The Hall–Kier alpha value is -2.37. The minimum Gasteiger partial charge on any atom is -0.480 e. The topological polar surface area (TPSA) is 75.6 Å². The van der Waals surface area contributed by atoms with Crippen LogP contribution in [-0.2, 0) is 9.59 Å². The standard InChI is InChI=1S/C15H16FNO4/c1-9(15(20)17-12-4-5-12)21-13-6-3-11(16)8-10(13)2-7-14(18)19/h2-3,6-9,12H,4-5H2,1H3,(H,17,20)(H,18,19)/b7-2+. The number of carbonyl (C=O) groups excluding carboxylic acids is 1. The highest BCUT2D eigenvalue weighted by Gasteiger charge is 2.26. The molecule has 112 valence electrons. The lowest BCUT2D eigenvalue weighted by atomic mass is 10.1. The van der Waals surface area contributed by atoms with Gasteiger partial charge in [0, 0.05) is 17.7 Å². The molecule has 5 nitrogen and oxygen atoms in total. The molecule has 0 bridgehead atoms. The molecule has 0 spiro atoms. The van der Waals surface area contributed by atoms with Gasteiger partial charge in [-0.2, -0.15) is 0 Å². The molecule has 0 aromatic heterocycles. The van der Waals surface area contributed by atoms with E-state index in [0.29, 0.717) is 0 Å². The van der Waals surface area contributed by atoms with Crippen LogP contribution in [0.1, 0.15) is 25.3 Å². The predicted octanol–water partition coefficient (Wildman–Crippen LogP) is 1.97. The van der Waals surface area contributed by atoms with Gasteiger partial charge in [0.15, 0.2) is 6.10 Å². The first-order valence-electron chi connectivity index (χ1n) is 6.63. The fourth-order valence-corrected chi connectivity index (χ4v) is 1.71. The number of carbonyl (C=O) groups is 2. The Labute approximate surface area is 121 Å². The van der Waals surface area contributed by atoms with Crippen LogP contribution in [0, 0.1) is 5.82 Å². The van der Waals surface area contributed by atoms with E-state index in [0.717, 1.165) is 25.0 Å². The summed E-state index contributed by atoms with van der Waals surface area (Å²) in [7, 11) is 0. The van der Waals surface area contributed by atoms with Crippen LogP contribution in [0.5, 0.6) is 5.75 Å². The van der Waals surface area contributed by atoms with Crippen LogP contribution in [-0.4, -0.2) is 29.1 Å². The molecule has 0 radical (unpaired) electrons. The van der Waals surface area contributed by atoms with E-state index in [4.69, 9.17) is 9.84 Å². The normalized spacial score (nSPS) is 15.7. The molecule has 1 amide bonds. The molecule has 0 saturated heterocycles. The van der Waals surface area contributed by atoms with Gasteiger partial charge in [-0.1, -0.05) is 0 Å². The molecule has 1 unspecified atom stereocenters. The molecule has 1 saturated carbocycles. The molecule has 1 aromatic rings. The minimum atomic E-state index is -1.15. The number of carboxylic acids is 1. The van der Waals surface area contributed by atoms with Crippen LogP contribution in [0.3, 0.4) is 0 Å². The molecule has 2 N–H and O–H groups in total. The van der Waals surface area contributed by atoms with E-state index >= 15 is 0 Å². The van der Waals surface area contributed by atoms with E-state index in [1.807, 2.05) is 0 Å². The molecule has 1 aromatic carbocycles. The van der Waals surface area contributed by atoms with Crippen LogP contribution >= 0.6 is 0 Å². The van der Waals surface area contributed by atoms with Gasteiger partial charge >= 0.3 is 5.97 Å². The molecule has 6 heteroatoms. The number of rotatable bonds is 6. The molecular weight excluding hydrogens is 277 g/mol. The number of hydrogen-bond acceptors (Lipinski definition) is 3. The van der Waals surface area contributed by atoms with Gasteiger partial charge in [0.05, 0.1) is 0 Å². The fourth-order valence-electron chi connectivity index (χ4n) is 1.71. The molecule has 2 rings (SSSR count). The summed E-state index contributed by atoms with van der Waals surface area (Å²) in [6, 6.07) is 3.94. The van der Waals surface area contributed by atoms with E-state index in [1.54, 1.807) is 6.92 Å². The summed E-state index contributed by atoms with van der Waals surface area (Å²) >= 11 is 0. The van der Waals surface area contributed by atoms with Crippen LogP contribution in [0.4, 0.5) is 4.39 Å². The van der Waals surface area contributed by atoms with Gasteiger partial charge in [0.1, 0.15) is 11.6 Å². The maximum atomic E-state index is 13.2. The molecule has 1 aliphatic rings. The first-order chi connectivity index (χ1) is 9.95. The Morgan fingerprint density at radius 1 is 1.48 bits per heavy atom.